The summed E-state index contributed by atoms with van der Waals surface area (Å²) in [5.74, 6) is 2.57. The Morgan fingerprint density at radius 2 is 1.77 bits per heavy atom. The molecule has 0 aliphatic carbocycles. The maximum atomic E-state index is 6.28. The van der Waals surface area contributed by atoms with Crippen molar-refractivity contribution in [3.8, 4) is 23.0 Å². The number of piperazine rings is 1. The second kappa shape index (κ2) is 11.2. The quantitative estimate of drug-likeness (QED) is 0.270. The molecule has 3 aromatic heterocycles. The Labute approximate surface area is 226 Å². The zero-order valence-corrected chi connectivity index (χ0v) is 22.0. The molecule has 2 N–H and O–H groups in total. The first-order chi connectivity index (χ1) is 19.2. The van der Waals surface area contributed by atoms with Crippen LogP contribution in [0.15, 0.2) is 71.3 Å². The van der Waals surface area contributed by atoms with Crippen molar-refractivity contribution in [1.29, 1.82) is 0 Å². The maximum absolute atomic E-state index is 6.28. The molecule has 1 fully saturated rings. The molecule has 0 atom stereocenters. The number of para-hydroxylation sites is 1. The Bertz CT molecular complexity index is 1530. The minimum absolute atomic E-state index is 0.303. The number of anilines is 2. The van der Waals surface area contributed by atoms with Gasteiger partial charge in [0.05, 0.1) is 18.4 Å². The van der Waals surface area contributed by atoms with Crippen LogP contribution in [0.2, 0.25) is 0 Å². The Hall–Kier alpha value is -4.28. The normalized spacial score (nSPS) is 14.3. The van der Waals surface area contributed by atoms with Gasteiger partial charge in [-0.25, -0.2) is 4.98 Å². The lowest BCUT2D eigenvalue weighted by Crippen LogP contribution is -2.47. The molecule has 0 radical (unpaired) electrons. The highest BCUT2D eigenvalue weighted by Crippen LogP contribution is 2.31. The second-order valence-corrected chi connectivity index (χ2v) is 9.44. The lowest BCUT2D eigenvalue weighted by atomic mass is 10.2. The van der Waals surface area contributed by atoms with Gasteiger partial charge in [-0.15, -0.1) is 0 Å². The number of nitrogens with two attached hydrogens (primary N) is 1. The number of benzene rings is 2. The minimum atomic E-state index is 0.303. The maximum Gasteiger partial charge on any atom is 0.222 e. The van der Waals surface area contributed by atoms with Gasteiger partial charge in [0.1, 0.15) is 35.9 Å². The van der Waals surface area contributed by atoms with Crippen LogP contribution in [0.5, 0.6) is 11.5 Å². The van der Waals surface area contributed by atoms with E-state index in [0.717, 1.165) is 54.9 Å². The Balaban J connectivity index is 1.06. The highest BCUT2D eigenvalue weighted by atomic mass is 16.5. The van der Waals surface area contributed by atoms with E-state index in [9.17, 15) is 0 Å². The van der Waals surface area contributed by atoms with Gasteiger partial charge in [0, 0.05) is 50.9 Å². The first-order valence-corrected chi connectivity index (χ1v) is 13.1. The monoisotopic (exact) mass is 528 g/mol. The zero-order chi connectivity index (χ0) is 26.6. The fourth-order valence-electron chi connectivity index (χ4n) is 4.93. The number of rotatable bonds is 10. The predicted molar refractivity (Wildman–Crippen MR) is 151 cm³/mol. The molecule has 6 rings (SSSR count). The number of fused-ring (bicyclic) bond motifs is 3. The number of methoxy groups -OCH3 is 1. The third kappa shape index (κ3) is 5.34. The molecular formula is C29H32N6O4. The smallest absolute Gasteiger partial charge is 0.222 e. The largest absolute Gasteiger partial charge is 0.491 e. The fraction of sp³-hybridized carbons (Fsp3) is 0.310. The molecule has 0 bridgehead atoms. The van der Waals surface area contributed by atoms with Crippen LogP contribution < -0.4 is 20.1 Å². The molecule has 0 unspecified atom stereocenters. The van der Waals surface area contributed by atoms with Crippen LogP contribution in [0, 0.1) is 0 Å². The van der Waals surface area contributed by atoms with E-state index in [-0.39, 0.29) is 0 Å². The Morgan fingerprint density at radius 3 is 2.54 bits per heavy atom. The number of hydrogen-bond acceptors (Lipinski definition) is 9. The summed E-state index contributed by atoms with van der Waals surface area (Å²) in [5, 5.41) is 5.50. The molecule has 202 valence electrons. The van der Waals surface area contributed by atoms with Crippen molar-refractivity contribution in [2.24, 2.45) is 0 Å². The van der Waals surface area contributed by atoms with E-state index in [4.69, 9.17) is 24.4 Å². The lowest BCUT2D eigenvalue weighted by molar-refractivity contribution is 0.146. The van der Waals surface area contributed by atoms with Crippen molar-refractivity contribution < 1.29 is 18.6 Å². The molecule has 4 heterocycles. The standard InChI is InChI=1S/C29H32N6O4/c1-36-18-19-37-22-9-7-21(8-10-22)34-13-11-33(12-14-34)15-17-39-27-5-2-4-23-25-20-24(26-6-3-16-38-26)32-35(25)29(30)31-28(23)27/h2-10,16,20H,11-15,17-19H2,1H3,(H2,30,31). The SMILES string of the molecule is COCCOc1ccc(N2CCN(CCOc3cccc4c3nc(N)n3nc(-c5ccco5)cc43)CC2)cc1. The van der Waals surface area contributed by atoms with Gasteiger partial charge < -0.3 is 29.3 Å². The molecule has 5 aromatic rings. The van der Waals surface area contributed by atoms with E-state index >= 15 is 0 Å². The number of nitrogens with zero attached hydrogens (tertiary/aromatic N) is 5. The molecule has 0 spiro atoms. The van der Waals surface area contributed by atoms with E-state index in [1.165, 1.54) is 5.69 Å². The minimum Gasteiger partial charge on any atom is -0.491 e. The first-order valence-electron chi connectivity index (χ1n) is 13.1. The van der Waals surface area contributed by atoms with Crippen molar-refractivity contribution >= 4 is 28.1 Å². The summed E-state index contributed by atoms with van der Waals surface area (Å²) >= 11 is 0. The average molecular weight is 529 g/mol. The molecular weight excluding hydrogens is 496 g/mol. The molecule has 1 saturated heterocycles. The second-order valence-electron chi connectivity index (χ2n) is 9.44. The van der Waals surface area contributed by atoms with Crippen LogP contribution in [0.4, 0.5) is 11.6 Å². The molecule has 1 aliphatic rings. The topological polar surface area (TPSA) is 104 Å². The highest BCUT2D eigenvalue weighted by Gasteiger charge is 2.18. The average Bonchev–Trinajstić information content (AvgIpc) is 3.66. The number of furan rings is 1. The summed E-state index contributed by atoms with van der Waals surface area (Å²) in [5.41, 5.74) is 9.79. The fourth-order valence-corrected chi connectivity index (χ4v) is 4.93. The van der Waals surface area contributed by atoms with Gasteiger partial charge in [0.25, 0.3) is 0 Å². The first kappa shape index (κ1) is 25.0. The predicted octanol–water partition coefficient (Wildman–Crippen LogP) is 3.95. The Morgan fingerprint density at radius 1 is 0.923 bits per heavy atom. The number of nitrogen functional groups attached to an aromatic ring is 1. The van der Waals surface area contributed by atoms with Gasteiger partial charge >= 0.3 is 0 Å². The molecule has 10 heteroatoms. The molecule has 1 aliphatic heterocycles. The van der Waals surface area contributed by atoms with E-state index in [1.807, 2.05) is 48.5 Å². The van der Waals surface area contributed by atoms with E-state index < -0.39 is 0 Å². The summed E-state index contributed by atoms with van der Waals surface area (Å²) in [6.45, 7) is 6.42. The van der Waals surface area contributed by atoms with Crippen molar-refractivity contribution in [2.45, 2.75) is 0 Å². The van der Waals surface area contributed by atoms with Crippen LogP contribution in [0.25, 0.3) is 27.9 Å². The van der Waals surface area contributed by atoms with Crippen LogP contribution >= 0.6 is 0 Å². The third-order valence-corrected chi connectivity index (χ3v) is 7.00. The summed E-state index contributed by atoms with van der Waals surface area (Å²) in [7, 11) is 1.67. The van der Waals surface area contributed by atoms with E-state index in [0.29, 0.717) is 43.0 Å². The summed E-state index contributed by atoms with van der Waals surface area (Å²) in [4.78, 5) is 9.45. The van der Waals surface area contributed by atoms with Gasteiger partial charge in [-0.2, -0.15) is 9.61 Å². The van der Waals surface area contributed by atoms with Crippen molar-refractivity contribution in [3.63, 3.8) is 0 Å². The molecule has 10 nitrogen and oxygen atoms in total. The molecule has 39 heavy (non-hydrogen) atoms. The number of hydrogen-bond donors (Lipinski definition) is 1. The van der Waals surface area contributed by atoms with Crippen LogP contribution in [-0.4, -0.2) is 79.2 Å². The number of ether oxygens (including phenoxy) is 3. The highest BCUT2D eigenvalue weighted by molar-refractivity contribution is 5.98. The third-order valence-electron chi connectivity index (χ3n) is 7.00. The van der Waals surface area contributed by atoms with Crippen molar-refractivity contribution in [1.82, 2.24) is 19.5 Å². The summed E-state index contributed by atoms with van der Waals surface area (Å²) in [6, 6.07) is 19.9. The van der Waals surface area contributed by atoms with Crippen LogP contribution in [0.1, 0.15) is 0 Å². The van der Waals surface area contributed by atoms with Crippen LogP contribution in [-0.2, 0) is 4.74 Å². The van der Waals surface area contributed by atoms with Crippen molar-refractivity contribution in [3.05, 3.63) is 66.9 Å². The van der Waals surface area contributed by atoms with Gasteiger partial charge in [0.2, 0.25) is 5.95 Å². The van der Waals surface area contributed by atoms with E-state index in [2.05, 4.69) is 32.0 Å². The molecule has 2 aromatic carbocycles. The Kier molecular flexibility index (Phi) is 7.20. The van der Waals surface area contributed by atoms with Gasteiger partial charge in [-0.1, -0.05) is 12.1 Å². The summed E-state index contributed by atoms with van der Waals surface area (Å²) < 4.78 is 24.1. The van der Waals surface area contributed by atoms with E-state index in [1.54, 1.807) is 17.9 Å². The van der Waals surface area contributed by atoms with Gasteiger partial charge in [-0.05, 0) is 48.5 Å². The van der Waals surface area contributed by atoms with Gasteiger partial charge in [-0.3, -0.25) is 4.90 Å². The number of aromatic nitrogens is 3. The van der Waals surface area contributed by atoms with Crippen LogP contribution in [0.3, 0.4) is 0 Å². The lowest BCUT2D eigenvalue weighted by Gasteiger charge is -2.36. The van der Waals surface area contributed by atoms with Gasteiger partial charge in [0.15, 0.2) is 5.76 Å². The molecule has 0 saturated carbocycles. The summed E-state index contributed by atoms with van der Waals surface area (Å²) in [6.07, 6.45) is 1.63. The molecule has 0 amide bonds. The van der Waals surface area contributed by atoms with Crippen molar-refractivity contribution in [2.75, 3.05) is 70.3 Å². The zero-order valence-electron chi connectivity index (χ0n) is 22.0.